The number of nitrogens with zero attached hydrogens (tertiary/aromatic N) is 2. The largest absolute Gasteiger partial charge is 0.381 e. The Morgan fingerprint density at radius 1 is 1.50 bits per heavy atom. The summed E-state index contributed by atoms with van der Waals surface area (Å²) in [5.41, 5.74) is 1.24. The lowest BCUT2D eigenvalue weighted by Gasteiger charge is -2.28. The van der Waals surface area contributed by atoms with Gasteiger partial charge < -0.3 is 15.0 Å². The lowest BCUT2D eigenvalue weighted by atomic mass is 10.0. The Morgan fingerprint density at radius 2 is 2.35 bits per heavy atom. The average Bonchev–Trinajstić information content (AvgIpc) is 2.48. The second-order valence-corrected chi connectivity index (χ2v) is 5.69. The minimum absolute atomic E-state index is 0.360. The van der Waals surface area contributed by atoms with Crippen molar-refractivity contribution in [3.8, 4) is 0 Å². The Bertz CT molecular complexity index is 387. The van der Waals surface area contributed by atoms with Crippen LogP contribution in [0.1, 0.15) is 38.3 Å². The Labute approximate surface area is 122 Å². The Morgan fingerprint density at radius 3 is 2.95 bits per heavy atom. The van der Waals surface area contributed by atoms with E-state index in [1.807, 2.05) is 6.20 Å². The van der Waals surface area contributed by atoms with Crippen molar-refractivity contribution in [2.45, 2.75) is 32.7 Å². The summed E-state index contributed by atoms with van der Waals surface area (Å²) in [7, 11) is 2.12. The molecule has 2 rings (SSSR count). The van der Waals surface area contributed by atoms with Gasteiger partial charge in [-0.25, -0.2) is 4.98 Å². The molecule has 4 heteroatoms. The average molecular weight is 277 g/mol. The van der Waals surface area contributed by atoms with Gasteiger partial charge >= 0.3 is 0 Å². The summed E-state index contributed by atoms with van der Waals surface area (Å²) in [6, 6.07) is 4.65. The molecule has 0 aromatic carbocycles. The number of hydrogen-bond donors (Lipinski definition) is 1. The van der Waals surface area contributed by atoms with E-state index in [0.717, 1.165) is 32.1 Å². The molecule has 2 heterocycles. The van der Waals surface area contributed by atoms with Gasteiger partial charge in [-0.2, -0.15) is 0 Å². The number of nitrogens with one attached hydrogen (secondary N) is 1. The topological polar surface area (TPSA) is 37.4 Å². The number of pyridine rings is 1. The summed E-state index contributed by atoms with van der Waals surface area (Å²) < 4.78 is 5.54. The molecule has 2 unspecified atom stereocenters. The quantitative estimate of drug-likeness (QED) is 0.867. The van der Waals surface area contributed by atoms with Gasteiger partial charge in [0.15, 0.2) is 0 Å². The third kappa shape index (κ3) is 4.18. The first-order valence-corrected chi connectivity index (χ1v) is 7.69. The summed E-state index contributed by atoms with van der Waals surface area (Å²) in [4.78, 5) is 6.83. The van der Waals surface area contributed by atoms with E-state index < -0.39 is 0 Å². The molecule has 1 aliphatic rings. The molecular formula is C16H27N3O. The van der Waals surface area contributed by atoms with Crippen molar-refractivity contribution in [3.63, 3.8) is 0 Å². The van der Waals surface area contributed by atoms with Gasteiger partial charge in [0.05, 0.1) is 6.61 Å². The number of hydrogen-bond acceptors (Lipinski definition) is 4. The Hall–Kier alpha value is -1.13. The van der Waals surface area contributed by atoms with Gasteiger partial charge in [0.25, 0.3) is 0 Å². The van der Waals surface area contributed by atoms with Gasteiger partial charge in [0, 0.05) is 32.4 Å². The van der Waals surface area contributed by atoms with Crippen molar-refractivity contribution in [2.75, 3.05) is 38.3 Å². The molecule has 1 aromatic heterocycles. The molecule has 0 bridgehead atoms. The normalized spacial score (nSPS) is 20.6. The Kier molecular flexibility index (Phi) is 5.80. The number of aromatic nitrogens is 1. The highest BCUT2D eigenvalue weighted by Gasteiger charge is 2.16. The van der Waals surface area contributed by atoms with Crippen LogP contribution in [0.4, 0.5) is 5.82 Å². The molecule has 1 N–H and O–H groups in total. The SMILES string of the molecule is CCNC(C)c1ccc(N(C)CC2CCCOC2)nc1. The molecular weight excluding hydrogens is 250 g/mol. The van der Waals surface area contributed by atoms with Crippen molar-refractivity contribution in [1.29, 1.82) is 0 Å². The predicted octanol–water partition coefficient (Wildman–Crippen LogP) is 2.61. The van der Waals surface area contributed by atoms with Gasteiger partial charge in [0.1, 0.15) is 5.82 Å². The molecule has 0 spiro atoms. The highest BCUT2D eigenvalue weighted by molar-refractivity contribution is 5.38. The minimum atomic E-state index is 0.360. The van der Waals surface area contributed by atoms with Crippen molar-refractivity contribution in [1.82, 2.24) is 10.3 Å². The van der Waals surface area contributed by atoms with Crippen LogP contribution in [-0.2, 0) is 4.74 Å². The fourth-order valence-electron chi connectivity index (χ4n) is 2.74. The highest BCUT2D eigenvalue weighted by atomic mass is 16.5. The summed E-state index contributed by atoms with van der Waals surface area (Å²) in [5, 5.41) is 3.41. The van der Waals surface area contributed by atoms with E-state index in [2.05, 4.69) is 48.2 Å². The minimum Gasteiger partial charge on any atom is -0.381 e. The second kappa shape index (κ2) is 7.60. The number of ether oxygens (including phenoxy) is 1. The first kappa shape index (κ1) is 15.3. The standard InChI is InChI=1S/C16H27N3O/c1-4-17-13(2)15-7-8-16(18-10-15)19(3)11-14-6-5-9-20-12-14/h7-8,10,13-14,17H,4-6,9,11-12H2,1-3H3. The van der Waals surface area contributed by atoms with Crippen molar-refractivity contribution in [2.24, 2.45) is 5.92 Å². The zero-order chi connectivity index (χ0) is 14.4. The molecule has 0 amide bonds. The molecule has 2 atom stereocenters. The summed E-state index contributed by atoms with van der Waals surface area (Å²) in [6.45, 7) is 8.11. The number of anilines is 1. The first-order chi connectivity index (χ1) is 9.70. The van der Waals surface area contributed by atoms with E-state index in [9.17, 15) is 0 Å². The zero-order valence-corrected chi connectivity index (χ0v) is 12.9. The van der Waals surface area contributed by atoms with E-state index >= 15 is 0 Å². The molecule has 0 radical (unpaired) electrons. The summed E-state index contributed by atoms with van der Waals surface area (Å²) in [5.74, 6) is 1.68. The number of rotatable bonds is 6. The van der Waals surface area contributed by atoms with Gasteiger partial charge in [-0.15, -0.1) is 0 Å². The maximum atomic E-state index is 5.54. The van der Waals surface area contributed by atoms with Crippen LogP contribution < -0.4 is 10.2 Å². The predicted molar refractivity (Wildman–Crippen MR) is 83.1 cm³/mol. The molecule has 0 saturated carbocycles. The van der Waals surface area contributed by atoms with Crippen LogP contribution in [0, 0.1) is 5.92 Å². The van der Waals surface area contributed by atoms with E-state index in [1.54, 1.807) is 0 Å². The van der Waals surface area contributed by atoms with Crippen molar-refractivity contribution >= 4 is 5.82 Å². The fraction of sp³-hybridized carbons (Fsp3) is 0.688. The molecule has 20 heavy (non-hydrogen) atoms. The molecule has 1 aromatic rings. The zero-order valence-electron chi connectivity index (χ0n) is 12.9. The van der Waals surface area contributed by atoms with Crippen LogP contribution in [0.25, 0.3) is 0 Å². The second-order valence-electron chi connectivity index (χ2n) is 5.69. The van der Waals surface area contributed by atoms with Gasteiger partial charge in [-0.3, -0.25) is 0 Å². The van der Waals surface area contributed by atoms with Crippen LogP contribution >= 0.6 is 0 Å². The fourth-order valence-corrected chi connectivity index (χ4v) is 2.74. The summed E-state index contributed by atoms with van der Waals surface area (Å²) >= 11 is 0. The lowest BCUT2D eigenvalue weighted by Crippen LogP contribution is -2.31. The lowest BCUT2D eigenvalue weighted by molar-refractivity contribution is 0.0576. The van der Waals surface area contributed by atoms with Crippen LogP contribution in [0.3, 0.4) is 0 Å². The smallest absolute Gasteiger partial charge is 0.128 e. The first-order valence-electron chi connectivity index (χ1n) is 7.69. The summed E-state index contributed by atoms with van der Waals surface area (Å²) in [6.07, 6.45) is 4.43. The van der Waals surface area contributed by atoms with E-state index in [-0.39, 0.29) is 0 Å². The molecule has 112 valence electrons. The van der Waals surface area contributed by atoms with Gasteiger partial charge in [0.2, 0.25) is 0 Å². The highest BCUT2D eigenvalue weighted by Crippen LogP contribution is 2.19. The molecule has 0 aliphatic carbocycles. The van der Waals surface area contributed by atoms with Gasteiger partial charge in [-0.05, 0) is 43.9 Å². The molecule has 1 saturated heterocycles. The third-order valence-corrected chi connectivity index (χ3v) is 3.96. The maximum Gasteiger partial charge on any atom is 0.128 e. The molecule has 1 aliphatic heterocycles. The van der Waals surface area contributed by atoms with Crippen LogP contribution in [0.15, 0.2) is 18.3 Å². The molecule has 4 nitrogen and oxygen atoms in total. The van der Waals surface area contributed by atoms with E-state index in [0.29, 0.717) is 12.0 Å². The Balaban J connectivity index is 1.91. The van der Waals surface area contributed by atoms with E-state index in [4.69, 9.17) is 4.74 Å². The molecule has 1 fully saturated rings. The van der Waals surface area contributed by atoms with Crippen LogP contribution in [0.5, 0.6) is 0 Å². The third-order valence-electron chi connectivity index (χ3n) is 3.96. The van der Waals surface area contributed by atoms with E-state index in [1.165, 1.54) is 18.4 Å². The van der Waals surface area contributed by atoms with Gasteiger partial charge in [-0.1, -0.05) is 13.0 Å². The maximum absolute atomic E-state index is 5.54. The van der Waals surface area contributed by atoms with Crippen LogP contribution in [0.2, 0.25) is 0 Å². The monoisotopic (exact) mass is 277 g/mol. The van der Waals surface area contributed by atoms with Crippen LogP contribution in [-0.4, -0.2) is 38.3 Å². The van der Waals surface area contributed by atoms with Crippen molar-refractivity contribution in [3.05, 3.63) is 23.9 Å². The van der Waals surface area contributed by atoms with Crippen molar-refractivity contribution < 1.29 is 4.74 Å².